The first-order valence-corrected chi connectivity index (χ1v) is 6.17. The third-order valence-electron chi connectivity index (χ3n) is 2.53. The Balaban J connectivity index is 1.76. The van der Waals surface area contributed by atoms with Gasteiger partial charge in [0.05, 0.1) is 0 Å². The fourth-order valence-electron chi connectivity index (χ4n) is 1.71. The number of aromatic nitrogens is 1. The van der Waals surface area contributed by atoms with Crippen LogP contribution in [0.4, 0.5) is 0 Å². The van der Waals surface area contributed by atoms with Gasteiger partial charge in [-0.2, -0.15) is 0 Å². The molecule has 0 spiro atoms. The number of rotatable bonds is 3. The van der Waals surface area contributed by atoms with Crippen LogP contribution in [0.2, 0.25) is 0 Å². The Hall–Kier alpha value is -0.540. The van der Waals surface area contributed by atoms with Crippen molar-refractivity contribution in [3.05, 3.63) is 24.5 Å². The van der Waals surface area contributed by atoms with Crippen LogP contribution < -0.4 is 5.32 Å². The molecule has 14 heavy (non-hydrogen) atoms. The highest BCUT2D eigenvalue weighted by Gasteiger charge is 2.12. The molecular weight excluding hydrogens is 192 g/mol. The molecule has 0 saturated carbocycles. The number of nitrogens with one attached hydrogen (secondary N) is 1. The van der Waals surface area contributed by atoms with E-state index in [1.54, 1.807) is 0 Å². The van der Waals surface area contributed by atoms with Crippen molar-refractivity contribution in [2.75, 3.05) is 18.8 Å². The van der Waals surface area contributed by atoms with E-state index in [1.807, 2.05) is 24.2 Å². The number of nitrogens with zero attached hydrogens (tertiary/aromatic N) is 1. The summed E-state index contributed by atoms with van der Waals surface area (Å²) in [5.74, 6) is 2.08. The zero-order chi connectivity index (χ0) is 9.64. The minimum Gasteiger partial charge on any atom is -0.316 e. The van der Waals surface area contributed by atoms with E-state index in [-0.39, 0.29) is 0 Å². The molecule has 0 aliphatic carbocycles. The van der Waals surface area contributed by atoms with Gasteiger partial charge < -0.3 is 5.32 Å². The lowest BCUT2D eigenvalue weighted by molar-refractivity contribution is 0.410. The second-order valence-electron chi connectivity index (χ2n) is 3.71. The number of pyridine rings is 1. The number of hydrogen-bond donors (Lipinski definition) is 1. The maximum absolute atomic E-state index is 4.01. The Morgan fingerprint density at radius 3 is 3.00 bits per heavy atom. The summed E-state index contributed by atoms with van der Waals surface area (Å²) >= 11 is 1.95. The minimum atomic E-state index is 0.849. The van der Waals surface area contributed by atoms with Crippen molar-refractivity contribution >= 4 is 11.8 Å². The van der Waals surface area contributed by atoms with E-state index in [4.69, 9.17) is 0 Å². The fraction of sp³-hybridized carbons (Fsp3) is 0.545. The molecule has 2 rings (SSSR count). The van der Waals surface area contributed by atoms with Crippen LogP contribution in [-0.4, -0.2) is 23.8 Å². The second-order valence-corrected chi connectivity index (χ2v) is 4.80. The van der Waals surface area contributed by atoms with Gasteiger partial charge >= 0.3 is 0 Å². The average Bonchev–Trinajstić information content (AvgIpc) is 2.29. The summed E-state index contributed by atoms with van der Waals surface area (Å²) in [6.07, 6.45) is 6.44. The van der Waals surface area contributed by atoms with E-state index in [9.17, 15) is 0 Å². The summed E-state index contributed by atoms with van der Waals surface area (Å²) < 4.78 is 0. The van der Waals surface area contributed by atoms with Crippen LogP contribution in [0, 0.1) is 5.92 Å². The molecule has 2 heterocycles. The SMILES string of the molecule is c1cc(SCC2CCCNC2)ccn1. The molecule has 1 atom stereocenters. The van der Waals surface area contributed by atoms with E-state index in [1.165, 1.54) is 36.6 Å². The van der Waals surface area contributed by atoms with Crippen LogP contribution in [0.5, 0.6) is 0 Å². The van der Waals surface area contributed by atoms with Gasteiger partial charge in [0.15, 0.2) is 0 Å². The zero-order valence-corrected chi connectivity index (χ0v) is 9.09. The largest absolute Gasteiger partial charge is 0.316 e. The van der Waals surface area contributed by atoms with Crippen LogP contribution in [0.25, 0.3) is 0 Å². The summed E-state index contributed by atoms with van der Waals surface area (Å²) in [5, 5.41) is 3.45. The summed E-state index contributed by atoms with van der Waals surface area (Å²) in [6, 6.07) is 4.17. The summed E-state index contributed by atoms with van der Waals surface area (Å²) in [7, 11) is 0. The number of hydrogen-bond acceptors (Lipinski definition) is 3. The first-order chi connectivity index (χ1) is 6.95. The summed E-state index contributed by atoms with van der Waals surface area (Å²) in [4.78, 5) is 5.35. The van der Waals surface area contributed by atoms with Crippen LogP contribution in [-0.2, 0) is 0 Å². The Morgan fingerprint density at radius 1 is 1.43 bits per heavy atom. The highest BCUT2D eigenvalue weighted by molar-refractivity contribution is 7.99. The van der Waals surface area contributed by atoms with Crippen LogP contribution in [0.1, 0.15) is 12.8 Å². The average molecular weight is 208 g/mol. The van der Waals surface area contributed by atoms with Crippen molar-refractivity contribution in [1.29, 1.82) is 0 Å². The van der Waals surface area contributed by atoms with Crippen molar-refractivity contribution in [3.8, 4) is 0 Å². The normalized spacial score (nSPS) is 22.1. The van der Waals surface area contributed by atoms with Crippen molar-refractivity contribution in [3.63, 3.8) is 0 Å². The molecule has 0 aromatic carbocycles. The molecular formula is C11H16N2S. The van der Waals surface area contributed by atoms with Crippen LogP contribution in [0.15, 0.2) is 29.4 Å². The van der Waals surface area contributed by atoms with Crippen LogP contribution >= 0.6 is 11.8 Å². The van der Waals surface area contributed by atoms with Gasteiger partial charge in [-0.25, -0.2) is 0 Å². The fourth-order valence-corrected chi connectivity index (χ4v) is 2.74. The number of thioether (sulfide) groups is 1. The molecule has 1 aliphatic rings. The predicted octanol–water partition coefficient (Wildman–Crippen LogP) is 2.17. The monoisotopic (exact) mass is 208 g/mol. The first kappa shape index (κ1) is 9.99. The lowest BCUT2D eigenvalue weighted by Crippen LogP contribution is -2.30. The molecule has 0 radical (unpaired) electrons. The van der Waals surface area contributed by atoms with Gasteiger partial charge in [0.25, 0.3) is 0 Å². The van der Waals surface area contributed by atoms with Gasteiger partial charge in [-0.15, -0.1) is 11.8 Å². The molecule has 1 aliphatic heterocycles. The molecule has 76 valence electrons. The molecule has 1 aromatic rings. The van der Waals surface area contributed by atoms with E-state index in [2.05, 4.69) is 22.4 Å². The lowest BCUT2D eigenvalue weighted by atomic mass is 10.0. The molecule has 3 heteroatoms. The molecule has 0 bridgehead atoms. The van der Waals surface area contributed by atoms with Gasteiger partial charge in [-0.05, 0) is 44.0 Å². The van der Waals surface area contributed by atoms with Crippen LogP contribution in [0.3, 0.4) is 0 Å². The highest BCUT2D eigenvalue weighted by Crippen LogP contribution is 2.22. The predicted molar refractivity (Wildman–Crippen MR) is 60.6 cm³/mol. The highest BCUT2D eigenvalue weighted by atomic mass is 32.2. The number of piperidine rings is 1. The minimum absolute atomic E-state index is 0.849. The topological polar surface area (TPSA) is 24.9 Å². The maximum Gasteiger partial charge on any atom is 0.0278 e. The Bertz CT molecular complexity index is 257. The lowest BCUT2D eigenvalue weighted by Gasteiger charge is -2.22. The van der Waals surface area contributed by atoms with Crippen molar-refractivity contribution in [2.24, 2.45) is 5.92 Å². The third-order valence-corrected chi connectivity index (χ3v) is 3.78. The molecule has 1 unspecified atom stereocenters. The zero-order valence-electron chi connectivity index (χ0n) is 8.28. The smallest absolute Gasteiger partial charge is 0.0278 e. The Labute approximate surface area is 89.5 Å². The van der Waals surface area contributed by atoms with Gasteiger partial charge in [0.2, 0.25) is 0 Å². The second kappa shape index (κ2) is 5.37. The summed E-state index contributed by atoms with van der Waals surface area (Å²) in [5.41, 5.74) is 0. The van der Waals surface area contributed by atoms with Crippen molar-refractivity contribution in [2.45, 2.75) is 17.7 Å². The molecule has 0 amide bonds. The Morgan fingerprint density at radius 2 is 2.29 bits per heavy atom. The van der Waals surface area contributed by atoms with E-state index in [0.29, 0.717) is 0 Å². The van der Waals surface area contributed by atoms with Gasteiger partial charge in [0, 0.05) is 23.0 Å². The van der Waals surface area contributed by atoms with E-state index >= 15 is 0 Å². The standard InChI is InChI=1S/C11H16N2S/c1-2-10(8-13-5-1)9-14-11-3-6-12-7-4-11/h3-4,6-7,10,13H,1-2,5,8-9H2. The van der Waals surface area contributed by atoms with Crippen molar-refractivity contribution < 1.29 is 0 Å². The van der Waals surface area contributed by atoms with Gasteiger partial charge in [-0.3, -0.25) is 4.98 Å². The van der Waals surface area contributed by atoms with Gasteiger partial charge in [0.1, 0.15) is 0 Å². The third kappa shape index (κ3) is 3.00. The van der Waals surface area contributed by atoms with E-state index in [0.717, 1.165) is 5.92 Å². The maximum atomic E-state index is 4.01. The molecule has 1 fully saturated rings. The molecule has 2 nitrogen and oxygen atoms in total. The molecule has 1 aromatic heterocycles. The summed E-state index contributed by atoms with van der Waals surface area (Å²) in [6.45, 7) is 2.40. The first-order valence-electron chi connectivity index (χ1n) is 5.19. The van der Waals surface area contributed by atoms with E-state index < -0.39 is 0 Å². The molecule has 1 N–H and O–H groups in total. The van der Waals surface area contributed by atoms with Gasteiger partial charge in [-0.1, -0.05) is 0 Å². The molecule has 1 saturated heterocycles. The quantitative estimate of drug-likeness (QED) is 0.771. The van der Waals surface area contributed by atoms with Crippen molar-refractivity contribution in [1.82, 2.24) is 10.3 Å². The Kier molecular flexibility index (Phi) is 3.83.